The van der Waals surface area contributed by atoms with Crippen LogP contribution in [0.5, 0.6) is 0 Å². The summed E-state index contributed by atoms with van der Waals surface area (Å²) in [6.07, 6.45) is 1.81. The fourth-order valence-electron chi connectivity index (χ4n) is 2.49. The molecule has 1 fully saturated rings. The molecule has 1 amide bonds. The SMILES string of the molecule is Cc1c(C(=O)N[C@H]2CCS(=O)(=O)C2)cnn1-c1ccc(=O)[nH]n1. The summed E-state index contributed by atoms with van der Waals surface area (Å²) in [5.41, 5.74) is 0.546. The molecule has 2 aromatic heterocycles. The van der Waals surface area contributed by atoms with Gasteiger partial charge in [0.15, 0.2) is 15.7 Å². The lowest BCUT2D eigenvalue weighted by molar-refractivity contribution is 0.0940. The van der Waals surface area contributed by atoms with Crippen LogP contribution in [0.1, 0.15) is 22.5 Å². The van der Waals surface area contributed by atoms with Gasteiger partial charge in [-0.15, -0.1) is 0 Å². The lowest BCUT2D eigenvalue weighted by Crippen LogP contribution is -2.35. The molecule has 3 rings (SSSR count). The number of sulfone groups is 1. The maximum absolute atomic E-state index is 12.3. The Balaban J connectivity index is 1.80. The quantitative estimate of drug-likeness (QED) is 0.753. The Hall–Kier alpha value is -2.49. The number of nitrogens with one attached hydrogen (secondary N) is 2. The minimum absolute atomic E-state index is 0.0343. The third-order valence-corrected chi connectivity index (χ3v) is 5.47. The summed E-state index contributed by atoms with van der Waals surface area (Å²) >= 11 is 0. The zero-order chi connectivity index (χ0) is 16.6. The number of carbonyl (C=O) groups excluding carboxylic acids is 1. The van der Waals surface area contributed by atoms with E-state index in [4.69, 9.17) is 0 Å². The van der Waals surface area contributed by atoms with Crippen molar-refractivity contribution in [1.82, 2.24) is 25.3 Å². The summed E-state index contributed by atoms with van der Waals surface area (Å²) in [4.78, 5) is 23.3. The van der Waals surface area contributed by atoms with Crippen LogP contribution in [-0.4, -0.2) is 51.9 Å². The number of carbonyl (C=O) groups is 1. The van der Waals surface area contributed by atoms with Crippen LogP contribution in [0.3, 0.4) is 0 Å². The molecule has 10 heteroatoms. The molecule has 0 spiro atoms. The van der Waals surface area contributed by atoms with E-state index >= 15 is 0 Å². The summed E-state index contributed by atoms with van der Waals surface area (Å²) in [6, 6.07) is 2.43. The Morgan fingerprint density at radius 3 is 2.83 bits per heavy atom. The van der Waals surface area contributed by atoms with Gasteiger partial charge in [-0.05, 0) is 19.4 Å². The van der Waals surface area contributed by atoms with Gasteiger partial charge in [-0.3, -0.25) is 9.59 Å². The average Bonchev–Trinajstić information content (AvgIpc) is 3.02. The second-order valence-electron chi connectivity index (χ2n) is 5.41. The van der Waals surface area contributed by atoms with E-state index in [1.165, 1.54) is 23.0 Å². The van der Waals surface area contributed by atoms with Gasteiger partial charge in [0.25, 0.3) is 11.5 Å². The lowest BCUT2D eigenvalue weighted by Gasteiger charge is -2.10. The second-order valence-corrected chi connectivity index (χ2v) is 7.64. The predicted molar refractivity (Wildman–Crippen MR) is 81.2 cm³/mol. The van der Waals surface area contributed by atoms with E-state index in [1.807, 2.05) is 0 Å². The maximum Gasteiger partial charge on any atom is 0.264 e. The summed E-state index contributed by atoms with van der Waals surface area (Å²) in [5.74, 6) is 0.0649. The van der Waals surface area contributed by atoms with Crippen molar-refractivity contribution in [3.63, 3.8) is 0 Å². The molecule has 2 aromatic rings. The van der Waals surface area contributed by atoms with Gasteiger partial charge in [-0.25, -0.2) is 18.2 Å². The van der Waals surface area contributed by atoms with Crippen molar-refractivity contribution < 1.29 is 13.2 Å². The summed E-state index contributed by atoms with van der Waals surface area (Å²) in [6.45, 7) is 1.69. The fourth-order valence-corrected chi connectivity index (χ4v) is 4.16. The number of rotatable bonds is 3. The van der Waals surface area contributed by atoms with Crippen LogP contribution in [0.4, 0.5) is 0 Å². The van der Waals surface area contributed by atoms with Crippen molar-refractivity contribution in [2.75, 3.05) is 11.5 Å². The van der Waals surface area contributed by atoms with E-state index in [0.29, 0.717) is 23.5 Å². The van der Waals surface area contributed by atoms with Crippen LogP contribution in [0.15, 0.2) is 23.1 Å². The van der Waals surface area contributed by atoms with Crippen molar-refractivity contribution >= 4 is 15.7 Å². The molecule has 1 aliphatic heterocycles. The first-order valence-electron chi connectivity index (χ1n) is 6.98. The average molecular weight is 337 g/mol. The van der Waals surface area contributed by atoms with Crippen LogP contribution in [-0.2, 0) is 9.84 Å². The molecule has 1 saturated heterocycles. The molecule has 0 unspecified atom stereocenters. The predicted octanol–water partition coefficient (Wildman–Crippen LogP) is -0.819. The normalized spacial score (nSPS) is 19.6. The van der Waals surface area contributed by atoms with Crippen LogP contribution in [0, 0.1) is 6.92 Å². The number of aromatic amines is 1. The minimum Gasteiger partial charge on any atom is -0.348 e. The van der Waals surface area contributed by atoms with Crippen molar-refractivity contribution in [1.29, 1.82) is 0 Å². The van der Waals surface area contributed by atoms with E-state index < -0.39 is 9.84 Å². The standard InChI is InChI=1S/C13H15N5O4S/c1-8-10(13(20)15-9-4-5-23(21,22)7-9)6-14-18(8)11-2-3-12(19)17-16-11/h2-3,6,9H,4-5,7H2,1H3,(H,15,20)(H,17,19)/t9-/m0/s1. The third-order valence-electron chi connectivity index (χ3n) is 3.70. The molecule has 3 heterocycles. The molecule has 23 heavy (non-hydrogen) atoms. The van der Waals surface area contributed by atoms with Gasteiger partial charge >= 0.3 is 0 Å². The van der Waals surface area contributed by atoms with Gasteiger partial charge < -0.3 is 5.32 Å². The highest BCUT2D eigenvalue weighted by atomic mass is 32.2. The molecule has 0 saturated carbocycles. The summed E-state index contributed by atoms with van der Waals surface area (Å²) in [5, 5.41) is 13.0. The Labute approximate surface area is 131 Å². The molecular weight excluding hydrogens is 322 g/mol. The van der Waals surface area contributed by atoms with Crippen LogP contribution in [0.2, 0.25) is 0 Å². The molecule has 0 bridgehead atoms. The van der Waals surface area contributed by atoms with Crippen LogP contribution < -0.4 is 10.9 Å². The van der Waals surface area contributed by atoms with Crippen molar-refractivity contribution in [3.8, 4) is 5.82 Å². The van der Waals surface area contributed by atoms with Gasteiger partial charge in [0.1, 0.15) is 0 Å². The van der Waals surface area contributed by atoms with Gasteiger partial charge in [0.05, 0.1) is 29.0 Å². The van der Waals surface area contributed by atoms with Crippen LogP contribution in [0.25, 0.3) is 5.82 Å². The first-order valence-corrected chi connectivity index (χ1v) is 8.80. The van der Waals surface area contributed by atoms with Crippen molar-refractivity contribution in [2.45, 2.75) is 19.4 Å². The van der Waals surface area contributed by atoms with E-state index in [1.54, 1.807) is 6.92 Å². The number of nitrogens with zero attached hydrogens (tertiary/aromatic N) is 3. The maximum atomic E-state index is 12.3. The summed E-state index contributed by atoms with van der Waals surface area (Å²) in [7, 11) is -3.05. The van der Waals surface area contributed by atoms with E-state index in [0.717, 1.165) is 0 Å². The molecule has 1 aliphatic rings. The number of H-pyrrole nitrogens is 1. The van der Waals surface area contributed by atoms with Gasteiger partial charge in [0.2, 0.25) is 0 Å². The Bertz CT molecular complexity index is 894. The van der Waals surface area contributed by atoms with E-state index in [-0.39, 0.29) is 29.0 Å². The molecular formula is C13H15N5O4S. The highest BCUT2D eigenvalue weighted by Gasteiger charge is 2.29. The molecule has 9 nitrogen and oxygen atoms in total. The van der Waals surface area contributed by atoms with Gasteiger partial charge in [-0.1, -0.05) is 0 Å². The Kier molecular flexibility index (Phi) is 3.76. The smallest absolute Gasteiger partial charge is 0.264 e. The van der Waals surface area contributed by atoms with Crippen molar-refractivity contribution in [2.24, 2.45) is 0 Å². The van der Waals surface area contributed by atoms with Crippen LogP contribution >= 0.6 is 0 Å². The third kappa shape index (κ3) is 3.16. The lowest BCUT2D eigenvalue weighted by atomic mass is 10.2. The minimum atomic E-state index is -3.05. The fraction of sp³-hybridized carbons (Fsp3) is 0.385. The first-order chi connectivity index (χ1) is 10.9. The molecule has 0 aliphatic carbocycles. The van der Waals surface area contributed by atoms with Gasteiger partial charge in [-0.2, -0.15) is 10.2 Å². The molecule has 122 valence electrons. The van der Waals surface area contributed by atoms with Crippen molar-refractivity contribution in [3.05, 3.63) is 39.9 Å². The zero-order valence-corrected chi connectivity index (χ0v) is 13.1. The topological polar surface area (TPSA) is 127 Å². The zero-order valence-electron chi connectivity index (χ0n) is 12.3. The highest BCUT2D eigenvalue weighted by Crippen LogP contribution is 2.15. The number of hydrogen-bond acceptors (Lipinski definition) is 6. The highest BCUT2D eigenvalue weighted by molar-refractivity contribution is 7.91. The molecule has 0 aromatic carbocycles. The number of hydrogen-bond donors (Lipinski definition) is 2. The number of amides is 1. The van der Waals surface area contributed by atoms with E-state index in [2.05, 4.69) is 20.6 Å². The first kappa shape index (κ1) is 15.4. The Morgan fingerprint density at radius 1 is 1.43 bits per heavy atom. The largest absolute Gasteiger partial charge is 0.348 e. The molecule has 2 N–H and O–H groups in total. The van der Waals surface area contributed by atoms with Gasteiger partial charge in [0, 0.05) is 12.1 Å². The van der Waals surface area contributed by atoms with E-state index in [9.17, 15) is 18.0 Å². The summed E-state index contributed by atoms with van der Waals surface area (Å²) < 4.78 is 24.3. The molecule has 1 atom stereocenters. The second kappa shape index (κ2) is 5.61. The number of aromatic nitrogens is 4. The molecule has 0 radical (unpaired) electrons. The monoisotopic (exact) mass is 337 g/mol. The Morgan fingerprint density at radius 2 is 2.22 bits per heavy atom.